The number of nitrogens with zero attached hydrogens (tertiary/aromatic N) is 1. The van der Waals surface area contributed by atoms with Crippen LogP contribution in [0, 0.1) is 5.82 Å². The van der Waals surface area contributed by atoms with Gasteiger partial charge in [0.1, 0.15) is 5.82 Å². The van der Waals surface area contributed by atoms with Crippen molar-refractivity contribution >= 4 is 17.5 Å². The lowest BCUT2D eigenvalue weighted by Crippen LogP contribution is -2.34. The highest BCUT2D eigenvalue weighted by Gasteiger charge is 2.46. The third kappa shape index (κ3) is 3.22. The van der Waals surface area contributed by atoms with Crippen molar-refractivity contribution in [3.05, 3.63) is 47.0 Å². The van der Waals surface area contributed by atoms with Crippen LogP contribution in [-0.4, -0.2) is 22.0 Å². The molecule has 2 aromatic rings. The molecule has 0 fully saturated rings. The first-order chi connectivity index (χ1) is 12.1. The van der Waals surface area contributed by atoms with Crippen molar-refractivity contribution in [1.29, 1.82) is 0 Å². The zero-order valence-corrected chi connectivity index (χ0v) is 13.6. The van der Waals surface area contributed by atoms with E-state index < -0.39 is 47.3 Å². The largest absolute Gasteiger partial charge is 0.319 e. The molecule has 1 heterocycles. The number of carbonyl (C=O) groups excluding carboxylic acids is 1. The lowest BCUT2D eigenvalue weighted by molar-refractivity contribution is 0.00143. The smallest absolute Gasteiger partial charge is 0.310 e. The molecule has 0 bridgehead atoms. The van der Waals surface area contributed by atoms with Crippen LogP contribution in [0.2, 0.25) is 0 Å². The van der Waals surface area contributed by atoms with Gasteiger partial charge in [0, 0.05) is 28.9 Å². The number of halogens is 7. The van der Waals surface area contributed by atoms with E-state index >= 15 is 0 Å². The number of hydrogen-bond acceptors (Lipinski definition) is 2. The second-order valence-electron chi connectivity index (χ2n) is 5.60. The summed E-state index contributed by atoms with van der Waals surface area (Å²) >= 11 is -0.0839. The number of carbonyl (C=O) groups is 1. The lowest BCUT2D eigenvalue weighted by atomic mass is 9.93. The van der Waals surface area contributed by atoms with E-state index in [0.29, 0.717) is 0 Å². The maximum atomic E-state index is 13.7. The highest BCUT2D eigenvalue weighted by molar-refractivity contribution is 7.99. The van der Waals surface area contributed by atoms with Crippen molar-refractivity contribution in [1.82, 2.24) is 4.57 Å². The van der Waals surface area contributed by atoms with Crippen molar-refractivity contribution in [2.75, 3.05) is 0 Å². The summed E-state index contributed by atoms with van der Waals surface area (Å²) in [6, 6.07) is 2.67. The van der Waals surface area contributed by atoms with Crippen LogP contribution >= 0.6 is 11.8 Å². The topological polar surface area (TPSA) is 22.0 Å². The van der Waals surface area contributed by atoms with Gasteiger partial charge < -0.3 is 4.57 Å². The molecule has 0 amide bonds. The predicted octanol–water partition coefficient (Wildman–Crippen LogP) is 5.63. The summed E-state index contributed by atoms with van der Waals surface area (Å²) in [5.41, 5.74) is -1.48. The quantitative estimate of drug-likeness (QED) is 0.493. The molecule has 1 aliphatic rings. The number of aromatic nitrogens is 1. The number of alkyl halides is 6. The van der Waals surface area contributed by atoms with Gasteiger partial charge in [0.25, 0.3) is 12.2 Å². The Bertz CT molecular complexity index is 863. The van der Waals surface area contributed by atoms with Gasteiger partial charge >= 0.3 is 5.92 Å². The standard InChI is InChI=1S/C16H10F7NOS/c17-9-2-1-7(5-8(9)14(18)19)24-6-11(26-15(20)21)12-10(24)3-4-16(22,23)13(12)25/h1-2,5-6,14-15H,3-4H2. The van der Waals surface area contributed by atoms with Gasteiger partial charge in [-0.05, 0) is 24.6 Å². The molecular weight excluding hydrogens is 387 g/mol. The van der Waals surface area contributed by atoms with Gasteiger partial charge in [-0.2, -0.15) is 17.6 Å². The van der Waals surface area contributed by atoms with Gasteiger partial charge in [-0.3, -0.25) is 4.79 Å². The van der Waals surface area contributed by atoms with Crippen LogP contribution in [0.25, 0.3) is 5.69 Å². The van der Waals surface area contributed by atoms with Gasteiger partial charge in [0.05, 0.1) is 11.1 Å². The number of ketones is 1. The van der Waals surface area contributed by atoms with E-state index in [1.54, 1.807) is 0 Å². The second kappa shape index (κ2) is 6.64. The summed E-state index contributed by atoms with van der Waals surface area (Å²) in [6.07, 6.45) is -3.25. The van der Waals surface area contributed by atoms with Crippen LogP contribution in [0.5, 0.6) is 0 Å². The molecule has 1 aliphatic carbocycles. The van der Waals surface area contributed by atoms with Gasteiger partial charge in [0.2, 0.25) is 5.78 Å². The van der Waals surface area contributed by atoms with Gasteiger partial charge in [-0.25, -0.2) is 13.2 Å². The molecule has 0 N–H and O–H groups in total. The van der Waals surface area contributed by atoms with Crippen molar-refractivity contribution in [2.45, 2.75) is 35.8 Å². The predicted molar refractivity (Wildman–Crippen MR) is 80.1 cm³/mol. The second-order valence-corrected chi connectivity index (χ2v) is 6.64. The Hall–Kier alpha value is -1.97. The first kappa shape index (κ1) is 18.8. The number of rotatable bonds is 4. The van der Waals surface area contributed by atoms with E-state index in [1.165, 1.54) is 0 Å². The molecule has 0 aliphatic heterocycles. The third-order valence-electron chi connectivity index (χ3n) is 4.02. The van der Waals surface area contributed by atoms with Gasteiger partial charge in [-0.15, -0.1) is 0 Å². The van der Waals surface area contributed by atoms with Crippen LogP contribution < -0.4 is 0 Å². The Labute approximate surface area is 147 Å². The van der Waals surface area contributed by atoms with Crippen LogP contribution in [0.1, 0.15) is 34.5 Å². The molecule has 3 rings (SSSR count). The van der Waals surface area contributed by atoms with E-state index in [9.17, 15) is 35.5 Å². The molecule has 1 aromatic carbocycles. The summed E-state index contributed by atoms with van der Waals surface area (Å²) < 4.78 is 93.3. The van der Waals surface area contributed by atoms with E-state index in [4.69, 9.17) is 0 Å². The van der Waals surface area contributed by atoms with Crippen LogP contribution in [0.4, 0.5) is 30.7 Å². The number of fused-ring (bicyclic) bond motifs is 1. The number of benzene rings is 1. The fourth-order valence-electron chi connectivity index (χ4n) is 2.85. The van der Waals surface area contributed by atoms with E-state index in [2.05, 4.69) is 0 Å². The van der Waals surface area contributed by atoms with Crippen molar-refractivity contribution in [3.63, 3.8) is 0 Å². The Morgan fingerprint density at radius 2 is 1.85 bits per heavy atom. The molecule has 140 valence electrons. The first-order valence-corrected chi connectivity index (χ1v) is 8.19. The van der Waals surface area contributed by atoms with Crippen LogP contribution in [0.3, 0.4) is 0 Å². The van der Waals surface area contributed by atoms with Crippen molar-refractivity contribution < 1.29 is 35.5 Å². The molecule has 0 saturated carbocycles. The maximum Gasteiger partial charge on any atom is 0.310 e. The summed E-state index contributed by atoms with van der Waals surface area (Å²) in [7, 11) is 0. The van der Waals surface area contributed by atoms with E-state index in [-0.39, 0.29) is 34.5 Å². The average Bonchev–Trinajstić information content (AvgIpc) is 2.89. The summed E-state index contributed by atoms with van der Waals surface area (Å²) in [4.78, 5) is 11.6. The average molecular weight is 397 g/mol. The molecule has 26 heavy (non-hydrogen) atoms. The van der Waals surface area contributed by atoms with Gasteiger partial charge in [0.15, 0.2) is 0 Å². The van der Waals surface area contributed by atoms with Crippen LogP contribution in [-0.2, 0) is 6.42 Å². The zero-order valence-electron chi connectivity index (χ0n) is 12.8. The first-order valence-electron chi connectivity index (χ1n) is 7.31. The molecule has 0 unspecified atom stereocenters. The molecule has 0 saturated heterocycles. The van der Waals surface area contributed by atoms with E-state index in [0.717, 1.165) is 29.0 Å². The minimum atomic E-state index is -3.69. The lowest BCUT2D eigenvalue weighted by Gasteiger charge is -2.22. The van der Waals surface area contributed by atoms with Crippen molar-refractivity contribution in [3.8, 4) is 5.69 Å². The van der Waals surface area contributed by atoms with Crippen LogP contribution in [0.15, 0.2) is 29.3 Å². The highest BCUT2D eigenvalue weighted by Crippen LogP contribution is 2.42. The normalized spacial score (nSPS) is 16.4. The Kier molecular flexibility index (Phi) is 4.80. The highest BCUT2D eigenvalue weighted by atomic mass is 32.2. The minimum Gasteiger partial charge on any atom is -0.319 e. The minimum absolute atomic E-state index is 0.0101. The molecule has 2 nitrogen and oxygen atoms in total. The van der Waals surface area contributed by atoms with E-state index in [1.807, 2.05) is 0 Å². The molecule has 0 atom stereocenters. The zero-order chi connectivity index (χ0) is 19.2. The fourth-order valence-corrected chi connectivity index (χ4v) is 3.53. The third-order valence-corrected chi connectivity index (χ3v) is 4.76. The summed E-state index contributed by atoms with van der Waals surface area (Å²) in [5.74, 6) is -9.40. The Morgan fingerprint density at radius 3 is 2.46 bits per heavy atom. The summed E-state index contributed by atoms with van der Waals surface area (Å²) in [6.45, 7) is 0. The molecule has 10 heteroatoms. The summed E-state index contributed by atoms with van der Waals surface area (Å²) in [5, 5.41) is 0. The number of hydrogen-bond donors (Lipinski definition) is 0. The number of thioether (sulfide) groups is 1. The molecule has 0 spiro atoms. The van der Waals surface area contributed by atoms with Gasteiger partial charge in [-0.1, -0.05) is 11.8 Å². The monoisotopic (exact) mass is 397 g/mol. The molecular formula is C16H10F7NOS. The Balaban J connectivity index is 2.18. The fraction of sp³-hybridized carbons (Fsp3) is 0.312. The number of Topliss-reactive ketones (excluding diaryl/α,β-unsaturated/α-hetero) is 1. The Morgan fingerprint density at radius 1 is 1.15 bits per heavy atom. The molecule has 1 aromatic heterocycles. The SMILES string of the molecule is O=C1c2c(SC(F)F)cn(-c3ccc(F)c(C(F)F)c3)c2CCC1(F)F. The van der Waals surface area contributed by atoms with Crippen molar-refractivity contribution in [2.24, 2.45) is 0 Å². The molecule has 0 radical (unpaired) electrons. The maximum absolute atomic E-state index is 13.7.